The van der Waals surface area contributed by atoms with Gasteiger partial charge in [-0.2, -0.15) is 4.39 Å². The summed E-state index contributed by atoms with van der Waals surface area (Å²) in [5.41, 5.74) is -1.54. The van der Waals surface area contributed by atoms with Crippen LogP contribution in [0.25, 0.3) is 0 Å². The zero-order valence-electron chi connectivity index (χ0n) is 10.7. The number of H-pyrrole nitrogens is 1. The molecule has 1 aromatic heterocycles. The lowest BCUT2D eigenvalue weighted by atomic mass is 10.2. The largest absolute Gasteiger partial charge is 0.328 e. The van der Waals surface area contributed by atoms with Crippen LogP contribution in [0.4, 0.5) is 4.39 Å². The summed E-state index contributed by atoms with van der Waals surface area (Å²) >= 11 is 0. The van der Waals surface area contributed by atoms with Crippen LogP contribution in [0.5, 0.6) is 0 Å². The van der Waals surface area contributed by atoms with E-state index in [1.54, 1.807) is 0 Å². The highest BCUT2D eigenvalue weighted by atomic mass is 19.1. The smallest absolute Gasteiger partial charge is 0.315 e. The van der Waals surface area contributed by atoms with E-state index >= 15 is 0 Å². The zero-order chi connectivity index (χ0) is 13.4. The molecule has 1 rings (SSSR count). The van der Waals surface area contributed by atoms with E-state index in [2.05, 4.69) is 12.2 Å². The van der Waals surface area contributed by atoms with E-state index in [0.717, 1.165) is 23.7 Å². The summed E-state index contributed by atoms with van der Waals surface area (Å²) < 4.78 is 14.1. The van der Waals surface area contributed by atoms with Crippen molar-refractivity contribution >= 4 is 0 Å². The Hall–Kier alpha value is -1.43. The summed E-state index contributed by atoms with van der Waals surface area (Å²) in [6, 6.07) is 0. The number of rotatable bonds is 8. The molecule has 102 valence electrons. The highest BCUT2D eigenvalue weighted by molar-refractivity contribution is 4.87. The van der Waals surface area contributed by atoms with Gasteiger partial charge >= 0.3 is 5.69 Å². The van der Waals surface area contributed by atoms with Crippen molar-refractivity contribution in [1.29, 1.82) is 0 Å². The Balaban J connectivity index is 2.30. The van der Waals surface area contributed by atoms with Crippen molar-refractivity contribution in [2.75, 3.05) is 13.1 Å². The van der Waals surface area contributed by atoms with Gasteiger partial charge in [-0.25, -0.2) is 4.79 Å². The number of halogens is 1. The van der Waals surface area contributed by atoms with E-state index in [9.17, 15) is 14.0 Å². The third kappa shape index (κ3) is 4.83. The van der Waals surface area contributed by atoms with Gasteiger partial charge in [0.25, 0.3) is 5.56 Å². The molecule has 1 heterocycles. The van der Waals surface area contributed by atoms with Crippen molar-refractivity contribution in [1.82, 2.24) is 14.9 Å². The summed E-state index contributed by atoms with van der Waals surface area (Å²) in [5, 5.41) is 3.18. The molecule has 0 saturated carbocycles. The highest BCUT2D eigenvalue weighted by Gasteiger charge is 2.02. The average Bonchev–Trinajstić information content (AvgIpc) is 2.34. The molecule has 0 aliphatic carbocycles. The minimum absolute atomic E-state index is 0.348. The fourth-order valence-corrected chi connectivity index (χ4v) is 1.65. The van der Waals surface area contributed by atoms with Crippen molar-refractivity contribution in [3.05, 3.63) is 32.9 Å². The van der Waals surface area contributed by atoms with Crippen LogP contribution in [0, 0.1) is 5.82 Å². The van der Waals surface area contributed by atoms with Gasteiger partial charge in [-0.1, -0.05) is 26.2 Å². The molecule has 0 unspecified atom stereocenters. The van der Waals surface area contributed by atoms with Gasteiger partial charge in [0.05, 0.1) is 6.20 Å². The first-order valence-corrected chi connectivity index (χ1v) is 6.35. The van der Waals surface area contributed by atoms with Gasteiger partial charge in [-0.3, -0.25) is 14.3 Å². The summed E-state index contributed by atoms with van der Waals surface area (Å²) in [4.78, 5) is 24.0. The van der Waals surface area contributed by atoms with Crippen LogP contribution < -0.4 is 16.6 Å². The van der Waals surface area contributed by atoms with E-state index in [4.69, 9.17) is 0 Å². The minimum Gasteiger partial charge on any atom is -0.315 e. The minimum atomic E-state index is -0.969. The van der Waals surface area contributed by atoms with E-state index in [1.165, 1.54) is 19.3 Å². The zero-order valence-corrected chi connectivity index (χ0v) is 10.7. The van der Waals surface area contributed by atoms with Crippen LogP contribution in [-0.2, 0) is 6.54 Å². The van der Waals surface area contributed by atoms with Gasteiger partial charge in [0, 0.05) is 13.1 Å². The Kier molecular flexibility index (Phi) is 6.35. The number of hydrogen-bond donors (Lipinski definition) is 2. The number of nitrogens with zero attached hydrogens (tertiary/aromatic N) is 1. The molecule has 2 N–H and O–H groups in total. The average molecular weight is 257 g/mol. The lowest BCUT2D eigenvalue weighted by molar-refractivity contribution is 0.520. The summed E-state index contributed by atoms with van der Waals surface area (Å²) in [6.45, 7) is 3.98. The van der Waals surface area contributed by atoms with Gasteiger partial charge in [-0.05, 0) is 13.0 Å². The molecule has 0 saturated heterocycles. The van der Waals surface area contributed by atoms with Crippen molar-refractivity contribution in [2.24, 2.45) is 0 Å². The molecule has 0 bridgehead atoms. The van der Waals surface area contributed by atoms with Gasteiger partial charge in [0.15, 0.2) is 0 Å². The summed E-state index contributed by atoms with van der Waals surface area (Å²) in [7, 11) is 0. The maximum atomic E-state index is 13.0. The number of nitrogens with one attached hydrogen (secondary N) is 2. The van der Waals surface area contributed by atoms with Crippen LogP contribution in [0.3, 0.4) is 0 Å². The first kappa shape index (κ1) is 14.6. The second-order valence-corrected chi connectivity index (χ2v) is 4.24. The fourth-order valence-electron chi connectivity index (χ4n) is 1.65. The van der Waals surface area contributed by atoms with Crippen molar-refractivity contribution < 1.29 is 4.39 Å². The van der Waals surface area contributed by atoms with E-state index in [0.29, 0.717) is 13.1 Å². The Morgan fingerprint density at radius 2 is 2.06 bits per heavy atom. The quantitative estimate of drug-likeness (QED) is 0.678. The lowest BCUT2D eigenvalue weighted by Gasteiger charge is -2.06. The molecule has 0 radical (unpaired) electrons. The Morgan fingerprint density at radius 1 is 1.28 bits per heavy atom. The van der Waals surface area contributed by atoms with Gasteiger partial charge < -0.3 is 5.32 Å². The standard InChI is InChI=1S/C12H20FN3O2/c1-2-3-4-5-6-14-7-8-16-9-10(13)11(17)15-12(16)18/h9,14H,2-8H2,1H3,(H,15,17,18). The predicted molar refractivity (Wildman–Crippen MR) is 68.3 cm³/mol. The molecule has 1 aromatic rings. The first-order chi connectivity index (χ1) is 8.65. The monoisotopic (exact) mass is 257 g/mol. The Bertz CT molecular complexity index is 467. The van der Waals surface area contributed by atoms with Crippen LogP contribution in [-0.4, -0.2) is 22.6 Å². The number of unbranched alkanes of at least 4 members (excludes halogenated alkanes) is 3. The molecule has 5 nitrogen and oxygen atoms in total. The summed E-state index contributed by atoms with van der Waals surface area (Å²) in [6.07, 6.45) is 5.66. The molecule has 0 aromatic carbocycles. The Morgan fingerprint density at radius 3 is 2.78 bits per heavy atom. The topological polar surface area (TPSA) is 66.9 Å². The molecule has 0 spiro atoms. The van der Waals surface area contributed by atoms with Crippen molar-refractivity contribution in [2.45, 2.75) is 39.2 Å². The molecular weight excluding hydrogens is 237 g/mol. The van der Waals surface area contributed by atoms with Crippen molar-refractivity contribution in [3.63, 3.8) is 0 Å². The number of aromatic nitrogens is 2. The SMILES string of the molecule is CCCCCCNCCn1cc(F)c(=O)[nH]c1=O. The maximum Gasteiger partial charge on any atom is 0.328 e. The summed E-state index contributed by atoms with van der Waals surface area (Å²) in [5.74, 6) is -0.933. The Labute approximate surface area is 105 Å². The maximum absolute atomic E-state index is 13.0. The van der Waals surface area contributed by atoms with Gasteiger partial charge in [-0.15, -0.1) is 0 Å². The molecule has 18 heavy (non-hydrogen) atoms. The highest BCUT2D eigenvalue weighted by Crippen LogP contribution is 1.96. The van der Waals surface area contributed by atoms with E-state index in [-0.39, 0.29) is 0 Å². The second-order valence-electron chi connectivity index (χ2n) is 4.24. The molecule has 0 fully saturated rings. The molecule has 6 heteroatoms. The third-order valence-electron chi connectivity index (χ3n) is 2.70. The molecule has 0 atom stereocenters. The lowest BCUT2D eigenvalue weighted by Crippen LogP contribution is -2.34. The molecule has 0 aliphatic heterocycles. The second kappa shape index (κ2) is 7.81. The van der Waals surface area contributed by atoms with Crippen LogP contribution in [0.2, 0.25) is 0 Å². The van der Waals surface area contributed by atoms with E-state index in [1.807, 2.05) is 4.98 Å². The van der Waals surface area contributed by atoms with Crippen LogP contribution >= 0.6 is 0 Å². The normalized spacial score (nSPS) is 10.8. The van der Waals surface area contributed by atoms with Gasteiger partial charge in [0.1, 0.15) is 0 Å². The number of aromatic amines is 1. The molecular formula is C12H20FN3O2. The first-order valence-electron chi connectivity index (χ1n) is 6.35. The van der Waals surface area contributed by atoms with Gasteiger partial charge in [0.2, 0.25) is 5.82 Å². The van der Waals surface area contributed by atoms with Crippen LogP contribution in [0.15, 0.2) is 15.8 Å². The van der Waals surface area contributed by atoms with Crippen molar-refractivity contribution in [3.8, 4) is 0 Å². The number of hydrogen-bond acceptors (Lipinski definition) is 3. The molecule has 0 amide bonds. The third-order valence-corrected chi connectivity index (χ3v) is 2.70. The fraction of sp³-hybridized carbons (Fsp3) is 0.667. The van der Waals surface area contributed by atoms with Crippen LogP contribution in [0.1, 0.15) is 32.6 Å². The van der Waals surface area contributed by atoms with E-state index < -0.39 is 17.1 Å². The predicted octanol–water partition coefficient (Wildman–Crippen LogP) is 0.846. The molecule has 0 aliphatic rings.